The van der Waals surface area contributed by atoms with E-state index in [1.54, 1.807) is 0 Å². The molecule has 0 unspecified atom stereocenters. The molecule has 0 spiro atoms. The number of hydrogen-bond donors (Lipinski definition) is 1. The molecule has 1 heterocycles. The third kappa shape index (κ3) is 2.35. The number of benzene rings is 2. The van der Waals surface area contributed by atoms with Crippen LogP contribution in [0.5, 0.6) is 0 Å². The number of nitrogens with zero attached hydrogens (tertiary/aromatic N) is 2. The highest BCUT2D eigenvalue weighted by atomic mass is 15.0. The van der Waals surface area contributed by atoms with Crippen LogP contribution in [0.15, 0.2) is 42.5 Å². The first-order chi connectivity index (χ1) is 10.1. The Bertz CT molecular complexity index is 801. The average Bonchev–Trinajstić information content (AvgIpc) is 2.49. The Morgan fingerprint density at radius 2 is 1.67 bits per heavy atom. The van der Waals surface area contributed by atoms with Crippen LogP contribution in [0.4, 0.5) is 5.82 Å². The van der Waals surface area contributed by atoms with Crippen LogP contribution >= 0.6 is 0 Å². The lowest BCUT2D eigenvalue weighted by Gasteiger charge is -2.13. The Balaban J connectivity index is 2.32. The molecule has 0 aliphatic heterocycles. The van der Waals surface area contributed by atoms with Gasteiger partial charge in [-0.15, -0.1) is 0 Å². The second-order valence-corrected chi connectivity index (χ2v) is 5.62. The molecule has 0 amide bonds. The van der Waals surface area contributed by atoms with Crippen molar-refractivity contribution in [2.45, 2.75) is 26.7 Å². The van der Waals surface area contributed by atoms with E-state index in [9.17, 15) is 0 Å². The van der Waals surface area contributed by atoms with Crippen LogP contribution in [-0.2, 0) is 0 Å². The van der Waals surface area contributed by atoms with E-state index in [0.717, 1.165) is 22.6 Å². The highest BCUT2D eigenvalue weighted by Crippen LogP contribution is 2.31. The zero-order valence-corrected chi connectivity index (χ0v) is 12.6. The zero-order valence-electron chi connectivity index (χ0n) is 12.6. The molecule has 3 nitrogen and oxygen atoms in total. The maximum Gasteiger partial charge on any atom is 0.133 e. The van der Waals surface area contributed by atoms with Gasteiger partial charge in [0.05, 0.1) is 5.69 Å². The summed E-state index contributed by atoms with van der Waals surface area (Å²) in [4.78, 5) is 9.17. The molecule has 21 heavy (non-hydrogen) atoms. The smallest absolute Gasteiger partial charge is 0.133 e. The average molecular weight is 277 g/mol. The van der Waals surface area contributed by atoms with Gasteiger partial charge in [-0.25, -0.2) is 9.97 Å². The second-order valence-electron chi connectivity index (χ2n) is 5.62. The summed E-state index contributed by atoms with van der Waals surface area (Å²) >= 11 is 0. The molecule has 0 atom stereocenters. The van der Waals surface area contributed by atoms with Crippen molar-refractivity contribution in [2.75, 3.05) is 5.73 Å². The number of rotatable bonds is 2. The lowest BCUT2D eigenvalue weighted by molar-refractivity contribution is 0.776. The quantitative estimate of drug-likeness (QED) is 0.759. The van der Waals surface area contributed by atoms with Crippen molar-refractivity contribution in [3.05, 3.63) is 53.9 Å². The number of fused-ring (bicyclic) bond motifs is 1. The highest BCUT2D eigenvalue weighted by Gasteiger charge is 2.14. The van der Waals surface area contributed by atoms with Crippen LogP contribution in [0.3, 0.4) is 0 Å². The fraction of sp³-hybridized carbons (Fsp3) is 0.222. The highest BCUT2D eigenvalue weighted by molar-refractivity contribution is 5.96. The molecule has 0 aliphatic carbocycles. The molecule has 0 fully saturated rings. The van der Waals surface area contributed by atoms with E-state index in [1.807, 2.05) is 13.0 Å². The molecule has 2 N–H and O–H groups in total. The second kappa shape index (κ2) is 5.17. The van der Waals surface area contributed by atoms with Gasteiger partial charge >= 0.3 is 0 Å². The van der Waals surface area contributed by atoms with Gasteiger partial charge in [-0.2, -0.15) is 0 Å². The molecular formula is C18H19N3. The van der Waals surface area contributed by atoms with Gasteiger partial charge in [0.15, 0.2) is 0 Å². The Morgan fingerprint density at radius 1 is 0.952 bits per heavy atom. The summed E-state index contributed by atoms with van der Waals surface area (Å²) in [6.45, 7) is 6.14. The van der Waals surface area contributed by atoms with Crippen LogP contribution in [0, 0.1) is 6.92 Å². The lowest BCUT2D eigenvalue weighted by atomic mass is 9.99. The monoisotopic (exact) mass is 277 g/mol. The van der Waals surface area contributed by atoms with Crippen molar-refractivity contribution in [2.24, 2.45) is 0 Å². The molecule has 3 aromatic rings. The largest absolute Gasteiger partial charge is 0.383 e. The normalized spacial score (nSPS) is 11.2. The third-order valence-corrected chi connectivity index (χ3v) is 3.76. The molecule has 0 radical (unpaired) electrons. The number of aromatic nitrogens is 2. The van der Waals surface area contributed by atoms with E-state index in [2.05, 4.69) is 55.2 Å². The summed E-state index contributed by atoms with van der Waals surface area (Å²) in [5, 5.41) is 2.40. The molecule has 0 saturated carbocycles. The minimum Gasteiger partial charge on any atom is -0.383 e. The van der Waals surface area contributed by atoms with E-state index < -0.39 is 0 Å². The molecule has 0 aliphatic rings. The van der Waals surface area contributed by atoms with Crippen molar-refractivity contribution in [3.63, 3.8) is 0 Å². The number of nitrogen functional groups attached to an aromatic ring is 1. The van der Waals surface area contributed by atoms with Gasteiger partial charge < -0.3 is 5.73 Å². The third-order valence-electron chi connectivity index (χ3n) is 3.76. The van der Waals surface area contributed by atoms with Crippen LogP contribution in [0.25, 0.3) is 22.0 Å². The van der Waals surface area contributed by atoms with Crippen LogP contribution < -0.4 is 5.73 Å². The summed E-state index contributed by atoms with van der Waals surface area (Å²) in [5.41, 5.74) is 9.08. The van der Waals surface area contributed by atoms with E-state index in [4.69, 9.17) is 10.7 Å². The van der Waals surface area contributed by atoms with Crippen molar-refractivity contribution >= 4 is 16.6 Å². The lowest BCUT2D eigenvalue weighted by Crippen LogP contribution is -2.06. The van der Waals surface area contributed by atoms with E-state index in [0.29, 0.717) is 5.82 Å². The molecule has 106 valence electrons. The summed E-state index contributed by atoms with van der Waals surface area (Å²) < 4.78 is 0. The van der Waals surface area contributed by atoms with Crippen molar-refractivity contribution in [1.29, 1.82) is 0 Å². The van der Waals surface area contributed by atoms with Gasteiger partial charge in [-0.3, -0.25) is 0 Å². The van der Waals surface area contributed by atoms with E-state index in [1.165, 1.54) is 10.8 Å². The fourth-order valence-corrected chi connectivity index (χ4v) is 2.50. The van der Waals surface area contributed by atoms with Crippen LogP contribution in [0.1, 0.15) is 31.2 Å². The van der Waals surface area contributed by atoms with Gasteiger partial charge in [0.1, 0.15) is 11.6 Å². The van der Waals surface area contributed by atoms with Crippen molar-refractivity contribution in [1.82, 2.24) is 9.97 Å². The predicted octanol–water partition coefficient (Wildman–Crippen LogP) is 4.31. The van der Waals surface area contributed by atoms with Crippen LogP contribution in [-0.4, -0.2) is 9.97 Å². The van der Waals surface area contributed by atoms with E-state index >= 15 is 0 Å². The van der Waals surface area contributed by atoms with Gasteiger partial charge in [0.25, 0.3) is 0 Å². The molecule has 2 aromatic carbocycles. The molecular weight excluding hydrogens is 258 g/mol. The molecule has 3 rings (SSSR count). The van der Waals surface area contributed by atoms with Crippen molar-refractivity contribution < 1.29 is 0 Å². The van der Waals surface area contributed by atoms with Crippen molar-refractivity contribution in [3.8, 4) is 11.3 Å². The first-order valence-electron chi connectivity index (χ1n) is 7.20. The summed E-state index contributed by atoms with van der Waals surface area (Å²) in [7, 11) is 0. The summed E-state index contributed by atoms with van der Waals surface area (Å²) in [6.07, 6.45) is 0. The fourth-order valence-electron chi connectivity index (χ4n) is 2.50. The first-order valence-corrected chi connectivity index (χ1v) is 7.20. The number of hydrogen-bond acceptors (Lipinski definition) is 3. The first kappa shape index (κ1) is 13.6. The number of anilines is 1. The van der Waals surface area contributed by atoms with Crippen LogP contribution in [0.2, 0.25) is 0 Å². The topological polar surface area (TPSA) is 51.8 Å². The minimum absolute atomic E-state index is 0.252. The Labute approximate surface area is 124 Å². The van der Waals surface area contributed by atoms with Gasteiger partial charge in [0.2, 0.25) is 0 Å². The molecule has 3 heteroatoms. The SMILES string of the molecule is Cc1c(N)nc(C(C)C)nc1-c1cccc2ccccc12. The minimum atomic E-state index is 0.252. The summed E-state index contributed by atoms with van der Waals surface area (Å²) in [5.74, 6) is 1.61. The molecule has 1 aromatic heterocycles. The molecule has 0 saturated heterocycles. The molecule has 0 bridgehead atoms. The maximum absolute atomic E-state index is 6.09. The Hall–Kier alpha value is -2.42. The number of nitrogens with two attached hydrogens (primary N) is 1. The standard InChI is InChI=1S/C18H19N3/c1-11(2)18-20-16(12(3)17(19)21-18)15-10-6-8-13-7-4-5-9-14(13)15/h4-11H,1-3H3,(H2,19,20,21). The van der Waals surface area contributed by atoms with Gasteiger partial charge in [-0.1, -0.05) is 56.3 Å². The van der Waals surface area contributed by atoms with Gasteiger partial charge in [0, 0.05) is 17.0 Å². The van der Waals surface area contributed by atoms with E-state index in [-0.39, 0.29) is 5.92 Å². The Morgan fingerprint density at radius 3 is 2.43 bits per heavy atom. The predicted molar refractivity (Wildman–Crippen MR) is 88.2 cm³/mol. The summed E-state index contributed by atoms with van der Waals surface area (Å²) in [6, 6.07) is 14.6. The maximum atomic E-state index is 6.09. The Kier molecular flexibility index (Phi) is 3.34. The zero-order chi connectivity index (χ0) is 15.0. The van der Waals surface area contributed by atoms with Gasteiger partial charge in [-0.05, 0) is 17.7 Å².